The Kier molecular flexibility index (Phi) is 5.48. The van der Waals surface area contributed by atoms with Crippen LogP contribution < -0.4 is 15.0 Å². The number of hydrogen-bond donors (Lipinski definition) is 1. The van der Waals surface area contributed by atoms with E-state index in [1.165, 1.54) is 12.8 Å². The highest BCUT2D eigenvalue weighted by Gasteiger charge is 2.16. The van der Waals surface area contributed by atoms with Gasteiger partial charge in [-0.1, -0.05) is 18.9 Å². The summed E-state index contributed by atoms with van der Waals surface area (Å²) in [6.07, 6.45) is 4.77. The molecule has 0 unspecified atom stereocenters. The first kappa shape index (κ1) is 17.2. The predicted octanol–water partition coefficient (Wildman–Crippen LogP) is 3.43. The van der Waals surface area contributed by atoms with Crippen LogP contribution >= 0.6 is 0 Å². The van der Waals surface area contributed by atoms with Gasteiger partial charge in [-0.3, -0.25) is 4.79 Å². The first-order valence-electron chi connectivity index (χ1n) is 8.72. The van der Waals surface area contributed by atoms with Crippen molar-refractivity contribution in [3.05, 3.63) is 41.7 Å². The van der Waals surface area contributed by atoms with E-state index >= 15 is 0 Å². The van der Waals surface area contributed by atoms with E-state index in [0.29, 0.717) is 23.1 Å². The number of methoxy groups -OCH3 is 1. The Morgan fingerprint density at radius 3 is 2.60 bits per heavy atom. The number of rotatable bonds is 4. The summed E-state index contributed by atoms with van der Waals surface area (Å²) in [6.45, 7) is 3.78. The van der Waals surface area contributed by atoms with Crippen molar-refractivity contribution >= 4 is 17.5 Å². The fourth-order valence-electron chi connectivity index (χ4n) is 2.98. The average Bonchev–Trinajstić information content (AvgIpc) is 2.91. The van der Waals surface area contributed by atoms with Gasteiger partial charge in [-0.2, -0.15) is 0 Å². The highest BCUT2D eigenvalue weighted by atomic mass is 16.5. The maximum absolute atomic E-state index is 12.6. The summed E-state index contributed by atoms with van der Waals surface area (Å²) in [4.78, 5) is 23.8. The van der Waals surface area contributed by atoms with Gasteiger partial charge in [0.1, 0.15) is 11.4 Å². The van der Waals surface area contributed by atoms with Gasteiger partial charge in [-0.25, -0.2) is 9.97 Å². The van der Waals surface area contributed by atoms with Crippen molar-refractivity contribution in [3.8, 4) is 5.75 Å². The Morgan fingerprint density at radius 2 is 1.88 bits per heavy atom. The minimum atomic E-state index is -0.241. The van der Waals surface area contributed by atoms with Crippen LogP contribution in [0.15, 0.2) is 30.3 Å². The fourth-order valence-corrected chi connectivity index (χ4v) is 2.98. The van der Waals surface area contributed by atoms with Gasteiger partial charge >= 0.3 is 0 Å². The summed E-state index contributed by atoms with van der Waals surface area (Å²) in [5, 5.41) is 2.87. The molecule has 0 atom stereocenters. The second kappa shape index (κ2) is 7.96. The molecule has 1 aromatic carbocycles. The third-order valence-electron chi connectivity index (χ3n) is 4.29. The van der Waals surface area contributed by atoms with Crippen molar-refractivity contribution in [1.29, 1.82) is 0 Å². The molecule has 3 rings (SSSR count). The molecule has 0 bridgehead atoms. The van der Waals surface area contributed by atoms with Crippen molar-refractivity contribution in [3.63, 3.8) is 0 Å². The van der Waals surface area contributed by atoms with Gasteiger partial charge in [0.15, 0.2) is 0 Å². The molecule has 1 aromatic heterocycles. The molecular weight excluding hydrogens is 316 g/mol. The van der Waals surface area contributed by atoms with E-state index in [2.05, 4.69) is 20.2 Å². The van der Waals surface area contributed by atoms with Gasteiger partial charge in [0.25, 0.3) is 5.91 Å². The number of ether oxygens (including phenoxy) is 1. The minimum Gasteiger partial charge on any atom is -0.497 e. The van der Waals surface area contributed by atoms with E-state index in [0.717, 1.165) is 31.6 Å². The molecule has 1 N–H and O–H groups in total. The summed E-state index contributed by atoms with van der Waals surface area (Å²) < 4.78 is 5.19. The quantitative estimate of drug-likeness (QED) is 0.923. The predicted molar refractivity (Wildman–Crippen MR) is 98.4 cm³/mol. The SMILES string of the molecule is COc1cccc(NC(=O)c2cc(C)nc(N3CCCCCC3)n2)c1. The number of hydrogen-bond acceptors (Lipinski definition) is 5. The normalized spacial score (nSPS) is 14.7. The number of aryl methyl sites for hydroxylation is 1. The summed E-state index contributed by atoms with van der Waals surface area (Å²) in [7, 11) is 1.60. The molecule has 1 fully saturated rings. The Morgan fingerprint density at radius 1 is 1.12 bits per heavy atom. The van der Waals surface area contributed by atoms with Crippen LogP contribution in [-0.4, -0.2) is 36.1 Å². The van der Waals surface area contributed by atoms with E-state index in [4.69, 9.17) is 4.74 Å². The lowest BCUT2D eigenvalue weighted by Crippen LogP contribution is -2.27. The van der Waals surface area contributed by atoms with Gasteiger partial charge in [0.05, 0.1) is 7.11 Å². The zero-order valence-corrected chi connectivity index (χ0v) is 14.8. The zero-order chi connectivity index (χ0) is 17.6. The topological polar surface area (TPSA) is 67.3 Å². The number of nitrogens with one attached hydrogen (secondary N) is 1. The van der Waals surface area contributed by atoms with Gasteiger partial charge in [0, 0.05) is 30.5 Å². The molecule has 6 heteroatoms. The maximum atomic E-state index is 12.6. The van der Waals surface area contributed by atoms with Gasteiger partial charge in [-0.15, -0.1) is 0 Å². The molecule has 6 nitrogen and oxygen atoms in total. The van der Waals surface area contributed by atoms with Crippen LogP contribution in [0.2, 0.25) is 0 Å². The number of anilines is 2. The van der Waals surface area contributed by atoms with Gasteiger partial charge < -0.3 is 15.0 Å². The van der Waals surface area contributed by atoms with E-state index in [-0.39, 0.29) is 5.91 Å². The molecule has 2 heterocycles. The highest BCUT2D eigenvalue weighted by molar-refractivity contribution is 6.03. The Bertz CT molecular complexity index is 740. The molecule has 0 saturated carbocycles. The zero-order valence-electron chi connectivity index (χ0n) is 14.8. The molecule has 0 spiro atoms. The molecule has 25 heavy (non-hydrogen) atoms. The van der Waals surface area contributed by atoms with Crippen molar-refractivity contribution < 1.29 is 9.53 Å². The minimum absolute atomic E-state index is 0.241. The number of nitrogens with zero attached hydrogens (tertiary/aromatic N) is 3. The van der Waals surface area contributed by atoms with Crippen molar-refractivity contribution in [2.45, 2.75) is 32.6 Å². The molecule has 2 aromatic rings. The molecular formula is C19H24N4O2. The van der Waals surface area contributed by atoms with Crippen LogP contribution in [0.4, 0.5) is 11.6 Å². The highest BCUT2D eigenvalue weighted by Crippen LogP contribution is 2.19. The summed E-state index contributed by atoms with van der Waals surface area (Å²) >= 11 is 0. The van der Waals surface area contributed by atoms with Crippen molar-refractivity contribution in [1.82, 2.24) is 9.97 Å². The first-order valence-corrected chi connectivity index (χ1v) is 8.72. The largest absolute Gasteiger partial charge is 0.497 e. The third-order valence-corrected chi connectivity index (χ3v) is 4.29. The van der Waals surface area contributed by atoms with Crippen LogP contribution in [0.25, 0.3) is 0 Å². The summed E-state index contributed by atoms with van der Waals surface area (Å²) in [6, 6.07) is 8.99. The van der Waals surface area contributed by atoms with Crippen molar-refractivity contribution in [2.75, 3.05) is 30.4 Å². The molecule has 1 aliphatic rings. The number of carbonyl (C=O) groups is 1. The first-order chi connectivity index (χ1) is 12.2. The summed E-state index contributed by atoms with van der Waals surface area (Å²) in [5.74, 6) is 1.11. The van der Waals surface area contributed by atoms with Crippen LogP contribution in [-0.2, 0) is 0 Å². The average molecular weight is 340 g/mol. The number of carbonyl (C=O) groups excluding carboxylic acids is 1. The number of aromatic nitrogens is 2. The lowest BCUT2D eigenvalue weighted by molar-refractivity contribution is 0.102. The van der Waals surface area contributed by atoms with Gasteiger partial charge in [0.2, 0.25) is 5.95 Å². The third kappa shape index (κ3) is 4.47. The Balaban J connectivity index is 1.79. The lowest BCUT2D eigenvalue weighted by atomic mass is 10.2. The molecule has 1 amide bonds. The summed E-state index contributed by atoms with van der Waals surface area (Å²) in [5.41, 5.74) is 1.86. The number of benzene rings is 1. The van der Waals surface area contributed by atoms with E-state index in [9.17, 15) is 4.79 Å². The van der Waals surface area contributed by atoms with Gasteiger partial charge in [-0.05, 0) is 38.0 Å². The van der Waals surface area contributed by atoms with Crippen molar-refractivity contribution in [2.24, 2.45) is 0 Å². The van der Waals surface area contributed by atoms with Crippen LogP contribution in [0.5, 0.6) is 5.75 Å². The smallest absolute Gasteiger partial charge is 0.274 e. The molecule has 1 saturated heterocycles. The maximum Gasteiger partial charge on any atom is 0.274 e. The van der Waals surface area contributed by atoms with Crippen LogP contribution in [0, 0.1) is 6.92 Å². The second-order valence-corrected chi connectivity index (χ2v) is 6.28. The Labute approximate surface area is 148 Å². The van der Waals surface area contributed by atoms with E-state index in [1.54, 1.807) is 19.2 Å². The monoisotopic (exact) mass is 340 g/mol. The molecule has 0 aliphatic carbocycles. The second-order valence-electron chi connectivity index (χ2n) is 6.28. The lowest BCUT2D eigenvalue weighted by Gasteiger charge is -2.21. The van der Waals surface area contributed by atoms with Crippen LogP contribution in [0.3, 0.4) is 0 Å². The van der Waals surface area contributed by atoms with Crippen LogP contribution in [0.1, 0.15) is 41.9 Å². The Hall–Kier alpha value is -2.63. The fraction of sp³-hybridized carbons (Fsp3) is 0.421. The van der Waals surface area contributed by atoms with E-state index in [1.807, 2.05) is 25.1 Å². The molecule has 0 radical (unpaired) electrons. The molecule has 132 valence electrons. The standard InChI is InChI=1S/C19H24N4O2/c1-14-12-17(18(24)21-15-8-7-9-16(13-15)25-2)22-19(20-14)23-10-5-3-4-6-11-23/h7-9,12-13H,3-6,10-11H2,1-2H3,(H,21,24). The molecule has 1 aliphatic heterocycles. The van der Waals surface area contributed by atoms with E-state index < -0.39 is 0 Å². The number of amides is 1.